The summed E-state index contributed by atoms with van der Waals surface area (Å²) >= 11 is 7.91. The maximum Gasteiger partial charge on any atom is 0.227 e. The summed E-state index contributed by atoms with van der Waals surface area (Å²) in [6, 6.07) is 14.3. The zero-order valence-electron chi connectivity index (χ0n) is 35.4. The first-order valence-corrected chi connectivity index (χ1v) is 21.8. The Morgan fingerprint density at radius 1 is 0.721 bits per heavy atom. The molecular weight excluding hydrogens is 828 g/mol. The minimum Gasteiger partial charge on any atom is -0.491 e. The summed E-state index contributed by atoms with van der Waals surface area (Å²) in [7, 11) is 0. The normalized spacial score (nSPS) is 13.5. The number of nitrogens with zero attached hydrogens (tertiary/aromatic N) is 4. The molecule has 1 amide bonds. The summed E-state index contributed by atoms with van der Waals surface area (Å²) < 4.78 is 51.7. The molecule has 4 aromatic rings. The van der Waals surface area contributed by atoms with Gasteiger partial charge < -0.3 is 53.7 Å². The van der Waals surface area contributed by atoms with Crippen molar-refractivity contribution in [2.45, 2.75) is 33.2 Å². The van der Waals surface area contributed by atoms with Crippen molar-refractivity contribution in [1.82, 2.24) is 14.8 Å². The quantitative estimate of drug-likeness (QED) is 0.0623. The molecule has 2 aromatic heterocycles. The molecule has 0 radical (unpaired) electrons. The molecule has 0 saturated heterocycles. The molecule has 0 saturated carbocycles. The topological polar surface area (TPSA) is 181 Å². The molecule has 18 heteroatoms. The van der Waals surface area contributed by atoms with E-state index in [9.17, 15) is 4.79 Å². The van der Waals surface area contributed by atoms with E-state index in [2.05, 4.69) is 29.4 Å². The van der Waals surface area contributed by atoms with Gasteiger partial charge in [-0.05, 0) is 50.6 Å². The van der Waals surface area contributed by atoms with E-state index in [-0.39, 0.29) is 12.3 Å². The van der Waals surface area contributed by atoms with Gasteiger partial charge in [0.15, 0.2) is 5.82 Å². The highest BCUT2D eigenvalue weighted by Crippen LogP contribution is 2.39. The van der Waals surface area contributed by atoms with Crippen LogP contribution in [0.1, 0.15) is 45.7 Å². The number of rotatable bonds is 31. The number of fused-ring (bicyclic) bond motifs is 3. The summed E-state index contributed by atoms with van der Waals surface area (Å²) in [5, 5.41) is 13.5. The van der Waals surface area contributed by atoms with Crippen molar-refractivity contribution in [2.75, 3.05) is 124 Å². The summed E-state index contributed by atoms with van der Waals surface area (Å²) in [4.78, 5) is 19.9. The summed E-state index contributed by atoms with van der Waals surface area (Å²) in [5.41, 5.74) is 9.81. The number of ether oxygens (including phenoxy) is 9. The molecule has 5 rings (SSSR count). The van der Waals surface area contributed by atoms with E-state index in [4.69, 9.17) is 65.0 Å². The number of nitrogens with two attached hydrogens (primary N) is 1. The number of carbonyl (C=O) groups excluding carboxylic acids is 1. The van der Waals surface area contributed by atoms with Gasteiger partial charge in [-0.15, -0.1) is 21.5 Å². The molecule has 0 aliphatic carbocycles. The van der Waals surface area contributed by atoms with Gasteiger partial charge in [-0.1, -0.05) is 29.8 Å². The minimum atomic E-state index is -0.580. The van der Waals surface area contributed by atoms with E-state index in [1.807, 2.05) is 54.0 Å². The van der Waals surface area contributed by atoms with Crippen molar-refractivity contribution < 1.29 is 47.4 Å². The molecule has 3 N–H and O–H groups in total. The van der Waals surface area contributed by atoms with Gasteiger partial charge >= 0.3 is 0 Å². The maximum atomic E-state index is 13.6. The van der Waals surface area contributed by atoms with Gasteiger partial charge in [0.25, 0.3) is 0 Å². The van der Waals surface area contributed by atoms with Crippen LogP contribution < -0.4 is 15.8 Å². The highest BCUT2D eigenvalue weighted by Gasteiger charge is 2.32. The Morgan fingerprint density at radius 2 is 1.25 bits per heavy atom. The molecule has 3 heterocycles. The Labute approximate surface area is 366 Å². The number of thiophene rings is 1. The van der Waals surface area contributed by atoms with Crippen LogP contribution in [0.3, 0.4) is 0 Å². The number of hydrogen-bond donors (Lipinski definition) is 2. The van der Waals surface area contributed by atoms with Gasteiger partial charge in [0, 0.05) is 39.3 Å². The van der Waals surface area contributed by atoms with E-state index < -0.39 is 6.04 Å². The smallest absolute Gasteiger partial charge is 0.227 e. The Bertz CT molecular complexity index is 1930. The second-order valence-electron chi connectivity index (χ2n) is 13.7. The minimum absolute atomic E-state index is 0.0590. The van der Waals surface area contributed by atoms with Gasteiger partial charge in [0.05, 0.1) is 118 Å². The lowest BCUT2D eigenvalue weighted by Crippen LogP contribution is -2.17. The lowest BCUT2D eigenvalue weighted by Gasteiger charge is -2.14. The molecular formula is C43H59ClN6O10S. The first-order chi connectivity index (χ1) is 29.9. The fraction of sp³-hybridized carbons (Fsp3) is 0.535. The number of aromatic nitrogens is 3. The predicted octanol–water partition coefficient (Wildman–Crippen LogP) is 5.30. The van der Waals surface area contributed by atoms with Crippen LogP contribution in [0.15, 0.2) is 53.5 Å². The van der Waals surface area contributed by atoms with Gasteiger partial charge in [-0.2, -0.15) is 0 Å². The largest absolute Gasteiger partial charge is 0.491 e. The first-order valence-electron chi connectivity index (χ1n) is 20.6. The number of amides is 1. The van der Waals surface area contributed by atoms with Crippen molar-refractivity contribution in [3.63, 3.8) is 0 Å². The Hall–Kier alpha value is -3.85. The summed E-state index contributed by atoms with van der Waals surface area (Å²) in [6.07, 6.45) is 0.0590. The zero-order valence-corrected chi connectivity index (χ0v) is 36.9. The van der Waals surface area contributed by atoms with E-state index in [1.54, 1.807) is 17.4 Å². The molecule has 2 aromatic carbocycles. The second kappa shape index (κ2) is 27.3. The molecule has 1 aliphatic heterocycles. The molecule has 0 fully saturated rings. The molecule has 1 unspecified atom stereocenters. The second-order valence-corrected chi connectivity index (χ2v) is 15.4. The summed E-state index contributed by atoms with van der Waals surface area (Å²) in [6.45, 7) is 14.7. The van der Waals surface area contributed by atoms with Crippen LogP contribution in [0.5, 0.6) is 5.75 Å². The number of halogens is 1. The highest BCUT2D eigenvalue weighted by atomic mass is 35.5. The van der Waals surface area contributed by atoms with Crippen LogP contribution in [-0.2, 0) is 42.7 Å². The molecule has 0 spiro atoms. The number of nitrogens with one attached hydrogen (secondary N) is 1. The van der Waals surface area contributed by atoms with Crippen molar-refractivity contribution in [1.29, 1.82) is 0 Å². The van der Waals surface area contributed by atoms with Crippen molar-refractivity contribution in [2.24, 2.45) is 10.7 Å². The maximum absolute atomic E-state index is 13.6. The van der Waals surface area contributed by atoms with Crippen molar-refractivity contribution in [3.8, 4) is 10.8 Å². The number of hydrogen-bond acceptors (Lipinski definition) is 15. The fourth-order valence-electron chi connectivity index (χ4n) is 6.13. The van der Waals surface area contributed by atoms with E-state index in [1.165, 1.54) is 4.88 Å². The number of aliphatic imine (C=N–C) groups is 1. The fourth-order valence-corrected chi connectivity index (χ4v) is 7.47. The third-order valence-corrected chi connectivity index (χ3v) is 10.7. The summed E-state index contributed by atoms with van der Waals surface area (Å²) in [5.74, 6) is 1.75. The Balaban J connectivity index is 0.909. The molecule has 1 aliphatic rings. The van der Waals surface area contributed by atoms with Crippen LogP contribution in [0.2, 0.25) is 5.02 Å². The Morgan fingerprint density at radius 3 is 1.79 bits per heavy atom. The number of carbonyl (C=O) groups is 1. The van der Waals surface area contributed by atoms with Crippen molar-refractivity contribution in [3.05, 3.63) is 86.8 Å². The average Bonchev–Trinajstić information content (AvgIpc) is 3.73. The third-order valence-electron chi connectivity index (χ3n) is 9.22. The molecule has 1 atom stereocenters. The molecule has 334 valence electrons. The van der Waals surface area contributed by atoms with E-state index in [0.717, 1.165) is 33.2 Å². The van der Waals surface area contributed by atoms with Gasteiger partial charge in [0.2, 0.25) is 5.91 Å². The Kier molecular flexibility index (Phi) is 21.5. The van der Waals surface area contributed by atoms with Crippen LogP contribution in [-0.4, -0.2) is 145 Å². The lowest BCUT2D eigenvalue weighted by atomic mass is 9.99. The number of aryl methyl sites for hydroxylation is 2. The van der Waals surface area contributed by atoms with Gasteiger partial charge in [-0.25, -0.2) is 0 Å². The third kappa shape index (κ3) is 16.1. The number of benzene rings is 2. The van der Waals surface area contributed by atoms with Gasteiger partial charge in [-0.3, -0.25) is 14.4 Å². The first kappa shape index (κ1) is 48.2. The van der Waals surface area contributed by atoms with E-state index in [0.29, 0.717) is 141 Å². The molecule has 0 bridgehead atoms. The van der Waals surface area contributed by atoms with Crippen LogP contribution in [0.4, 0.5) is 5.69 Å². The molecule has 16 nitrogen and oxygen atoms in total. The van der Waals surface area contributed by atoms with E-state index >= 15 is 0 Å². The van der Waals surface area contributed by atoms with Crippen LogP contribution in [0.25, 0.3) is 5.00 Å². The standard InChI is InChI=1S/C43H59ClN6O10S/c1-31-32(2)61-43-40(31)41(34-7-9-35(44)10-8-34)47-38(42-49-48-33(3)50(42)43)30-39(51)46-36-5-4-6-37(29-36)60-28-27-59-26-25-58-24-23-57-22-21-56-20-19-55-18-17-54-16-15-53-14-13-52-12-11-45/h4-10,29,38H,11-28,30,45H2,1-3H3,(H,46,51). The average molecular weight is 887 g/mol. The van der Waals surface area contributed by atoms with Gasteiger partial charge in [0.1, 0.15) is 29.2 Å². The lowest BCUT2D eigenvalue weighted by molar-refractivity contribution is -0.116. The van der Waals surface area contributed by atoms with Crippen LogP contribution >= 0.6 is 22.9 Å². The highest BCUT2D eigenvalue weighted by molar-refractivity contribution is 7.15. The number of anilines is 1. The monoisotopic (exact) mass is 886 g/mol. The predicted molar refractivity (Wildman–Crippen MR) is 234 cm³/mol. The zero-order chi connectivity index (χ0) is 43.1. The van der Waals surface area contributed by atoms with Crippen molar-refractivity contribution >= 4 is 40.2 Å². The molecule has 61 heavy (non-hydrogen) atoms. The SMILES string of the molecule is Cc1sc2c(c1C)C(c1ccc(Cl)cc1)=NC(CC(=O)Nc1cccc(OCCOCCOCCOCCOCCOCCOCCOCCOCCN)c1)c1nnc(C)n1-2. The van der Waals surface area contributed by atoms with Crippen LogP contribution in [0, 0.1) is 20.8 Å².